The van der Waals surface area contributed by atoms with E-state index in [2.05, 4.69) is 58.2 Å². The Morgan fingerprint density at radius 3 is 2.93 bits per heavy atom. The molecule has 6 nitrogen and oxygen atoms in total. The van der Waals surface area contributed by atoms with Gasteiger partial charge in [-0.05, 0) is 44.4 Å². The van der Waals surface area contributed by atoms with Crippen molar-refractivity contribution in [3.63, 3.8) is 0 Å². The van der Waals surface area contributed by atoms with Crippen molar-refractivity contribution >= 4 is 22.6 Å². The first kappa shape index (κ1) is 18.5. The molecule has 146 valence electrons. The van der Waals surface area contributed by atoms with Crippen molar-refractivity contribution in [2.75, 3.05) is 25.5 Å². The van der Waals surface area contributed by atoms with Crippen molar-refractivity contribution < 1.29 is 4.79 Å². The number of rotatable bonds is 4. The van der Waals surface area contributed by atoms with Crippen LogP contribution in [0.4, 0.5) is 5.82 Å². The lowest BCUT2D eigenvalue weighted by Crippen LogP contribution is -2.39. The zero-order chi connectivity index (χ0) is 19.7. The van der Waals surface area contributed by atoms with E-state index in [9.17, 15) is 4.79 Å². The molecular weight excluding hydrogens is 350 g/mol. The van der Waals surface area contributed by atoms with Gasteiger partial charge in [0, 0.05) is 49.2 Å². The van der Waals surface area contributed by atoms with E-state index in [4.69, 9.17) is 0 Å². The standard InChI is InChI=1S/C22H27N5O/c1-4-27-19-10-6-5-9-18(19)15(2)21(27)16-8-7-11-26(14-16)22(28)17-12-20(23-3)25-24-13-17/h5-6,9-10,12-13,16H,4,7-8,11,14H2,1-3H3,(H,23,25). The number of nitrogens with zero attached hydrogens (tertiary/aromatic N) is 4. The lowest BCUT2D eigenvalue weighted by atomic mass is 9.91. The number of nitrogens with one attached hydrogen (secondary N) is 1. The van der Waals surface area contributed by atoms with Crippen LogP contribution >= 0.6 is 0 Å². The number of fused-ring (bicyclic) bond motifs is 1. The number of aromatic nitrogens is 3. The van der Waals surface area contributed by atoms with Crippen molar-refractivity contribution in [2.45, 2.75) is 39.2 Å². The van der Waals surface area contributed by atoms with Crippen molar-refractivity contribution in [3.8, 4) is 0 Å². The summed E-state index contributed by atoms with van der Waals surface area (Å²) in [4.78, 5) is 15.1. The predicted molar refractivity (Wildman–Crippen MR) is 112 cm³/mol. The van der Waals surface area contributed by atoms with Crippen LogP contribution in [0, 0.1) is 6.92 Å². The summed E-state index contributed by atoms with van der Waals surface area (Å²) in [6.07, 6.45) is 3.68. The van der Waals surface area contributed by atoms with Gasteiger partial charge < -0.3 is 14.8 Å². The number of benzene rings is 1. The maximum atomic E-state index is 13.1. The fourth-order valence-corrected chi connectivity index (χ4v) is 4.54. The van der Waals surface area contributed by atoms with Gasteiger partial charge in [0.05, 0.1) is 11.8 Å². The first-order chi connectivity index (χ1) is 13.6. The largest absolute Gasteiger partial charge is 0.372 e. The van der Waals surface area contributed by atoms with Gasteiger partial charge in [0.1, 0.15) is 5.82 Å². The fraction of sp³-hybridized carbons (Fsp3) is 0.409. The lowest BCUT2D eigenvalue weighted by Gasteiger charge is -2.34. The Kier molecular flexibility index (Phi) is 5.03. The van der Waals surface area contributed by atoms with Crippen LogP contribution in [0.15, 0.2) is 36.5 Å². The summed E-state index contributed by atoms with van der Waals surface area (Å²) in [5.74, 6) is 0.998. The Labute approximate surface area is 165 Å². The number of hydrogen-bond donors (Lipinski definition) is 1. The number of carbonyl (C=O) groups excluding carboxylic acids is 1. The highest BCUT2D eigenvalue weighted by atomic mass is 16.2. The molecular formula is C22H27N5O. The van der Waals surface area contributed by atoms with Gasteiger partial charge in [-0.25, -0.2) is 0 Å². The third kappa shape index (κ3) is 3.13. The second kappa shape index (κ2) is 7.62. The van der Waals surface area contributed by atoms with Gasteiger partial charge in [-0.2, -0.15) is 5.10 Å². The van der Waals surface area contributed by atoms with E-state index >= 15 is 0 Å². The minimum absolute atomic E-state index is 0.0351. The Balaban J connectivity index is 1.65. The number of hydrogen-bond acceptors (Lipinski definition) is 4. The minimum atomic E-state index is 0.0351. The second-order valence-electron chi connectivity index (χ2n) is 7.44. The fourth-order valence-electron chi connectivity index (χ4n) is 4.54. The van der Waals surface area contributed by atoms with Crippen LogP contribution in [0.5, 0.6) is 0 Å². The summed E-state index contributed by atoms with van der Waals surface area (Å²) in [7, 11) is 1.78. The molecule has 4 rings (SSSR count). The van der Waals surface area contributed by atoms with Crippen molar-refractivity contribution in [1.29, 1.82) is 0 Å². The Morgan fingerprint density at radius 2 is 2.14 bits per heavy atom. The number of para-hydroxylation sites is 1. The van der Waals surface area contributed by atoms with E-state index in [0.29, 0.717) is 17.3 Å². The van der Waals surface area contributed by atoms with Gasteiger partial charge >= 0.3 is 0 Å². The molecule has 1 fully saturated rings. The molecule has 1 unspecified atom stereocenters. The quantitative estimate of drug-likeness (QED) is 0.751. The molecule has 0 spiro atoms. The summed E-state index contributed by atoms with van der Waals surface area (Å²) in [5, 5.41) is 12.2. The maximum Gasteiger partial charge on any atom is 0.255 e. The van der Waals surface area contributed by atoms with E-state index in [-0.39, 0.29) is 5.91 Å². The molecule has 1 saturated heterocycles. The molecule has 0 saturated carbocycles. The monoisotopic (exact) mass is 377 g/mol. The van der Waals surface area contributed by atoms with Gasteiger partial charge in [0.15, 0.2) is 0 Å². The molecule has 2 aromatic heterocycles. The number of likely N-dealkylation sites (tertiary alicyclic amines) is 1. The molecule has 1 aromatic carbocycles. The summed E-state index contributed by atoms with van der Waals surface area (Å²) in [6.45, 7) is 6.89. The predicted octanol–water partition coefficient (Wildman–Crippen LogP) is 3.82. The highest BCUT2D eigenvalue weighted by Crippen LogP contribution is 2.35. The number of aryl methyl sites for hydroxylation is 2. The zero-order valence-corrected chi connectivity index (χ0v) is 16.8. The first-order valence-electron chi connectivity index (χ1n) is 10.0. The average Bonchev–Trinajstić information content (AvgIpc) is 3.05. The van der Waals surface area contributed by atoms with Gasteiger partial charge in [0.25, 0.3) is 5.91 Å². The molecule has 0 radical (unpaired) electrons. The Bertz CT molecular complexity index is 1010. The van der Waals surface area contributed by atoms with E-state index in [1.54, 1.807) is 19.3 Å². The van der Waals surface area contributed by atoms with E-state index < -0.39 is 0 Å². The number of carbonyl (C=O) groups is 1. The van der Waals surface area contributed by atoms with Crippen LogP contribution in [0.2, 0.25) is 0 Å². The SMILES string of the molecule is CCn1c(C2CCCN(C(=O)c3cnnc(NC)c3)C2)c(C)c2ccccc21. The highest BCUT2D eigenvalue weighted by Gasteiger charge is 2.29. The van der Waals surface area contributed by atoms with Crippen LogP contribution in [0.25, 0.3) is 10.9 Å². The molecule has 1 aliphatic rings. The van der Waals surface area contributed by atoms with Gasteiger partial charge in [-0.15, -0.1) is 5.10 Å². The van der Waals surface area contributed by atoms with Crippen LogP contribution in [0.3, 0.4) is 0 Å². The van der Waals surface area contributed by atoms with Gasteiger partial charge in [0.2, 0.25) is 0 Å². The molecule has 3 heterocycles. The summed E-state index contributed by atoms with van der Waals surface area (Å²) in [6, 6.07) is 10.4. The van der Waals surface area contributed by atoms with Gasteiger partial charge in [-0.1, -0.05) is 18.2 Å². The van der Waals surface area contributed by atoms with Crippen molar-refractivity contribution in [1.82, 2.24) is 19.7 Å². The summed E-state index contributed by atoms with van der Waals surface area (Å²) >= 11 is 0. The average molecular weight is 377 g/mol. The Hall–Kier alpha value is -2.89. The molecule has 1 N–H and O–H groups in total. The highest BCUT2D eigenvalue weighted by molar-refractivity contribution is 5.94. The minimum Gasteiger partial charge on any atom is -0.372 e. The third-order valence-electron chi connectivity index (χ3n) is 5.84. The summed E-state index contributed by atoms with van der Waals surface area (Å²) < 4.78 is 2.43. The second-order valence-corrected chi connectivity index (χ2v) is 7.44. The zero-order valence-electron chi connectivity index (χ0n) is 16.8. The van der Waals surface area contributed by atoms with E-state index in [1.807, 2.05) is 4.90 Å². The molecule has 28 heavy (non-hydrogen) atoms. The smallest absolute Gasteiger partial charge is 0.255 e. The number of amides is 1. The van der Waals surface area contributed by atoms with Crippen molar-refractivity contribution in [2.24, 2.45) is 0 Å². The number of anilines is 1. The van der Waals surface area contributed by atoms with Crippen LogP contribution in [-0.2, 0) is 6.54 Å². The molecule has 1 atom stereocenters. The molecule has 1 amide bonds. The van der Waals surface area contributed by atoms with Crippen LogP contribution < -0.4 is 5.32 Å². The first-order valence-corrected chi connectivity index (χ1v) is 10.0. The van der Waals surface area contributed by atoms with E-state index in [1.165, 1.54) is 22.2 Å². The molecule has 1 aliphatic heterocycles. The van der Waals surface area contributed by atoms with Crippen LogP contribution in [-0.4, -0.2) is 45.7 Å². The molecule has 0 bridgehead atoms. The topological polar surface area (TPSA) is 63.1 Å². The number of piperidine rings is 1. The summed E-state index contributed by atoms with van der Waals surface area (Å²) in [5.41, 5.74) is 4.61. The van der Waals surface area contributed by atoms with E-state index in [0.717, 1.165) is 32.5 Å². The van der Waals surface area contributed by atoms with Crippen LogP contribution in [0.1, 0.15) is 47.3 Å². The normalized spacial score (nSPS) is 17.1. The molecule has 0 aliphatic carbocycles. The molecule has 6 heteroatoms. The van der Waals surface area contributed by atoms with Crippen molar-refractivity contribution in [3.05, 3.63) is 53.3 Å². The lowest BCUT2D eigenvalue weighted by molar-refractivity contribution is 0.0704. The molecule has 3 aromatic rings. The van der Waals surface area contributed by atoms with Gasteiger partial charge in [-0.3, -0.25) is 4.79 Å². The third-order valence-corrected chi connectivity index (χ3v) is 5.84. The Morgan fingerprint density at radius 1 is 1.32 bits per heavy atom. The maximum absolute atomic E-state index is 13.1.